The summed E-state index contributed by atoms with van der Waals surface area (Å²) in [5, 5.41) is 0.492. The second-order valence-corrected chi connectivity index (χ2v) is 5.34. The molecule has 0 heterocycles. The van der Waals surface area contributed by atoms with E-state index in [-0.39, 0.29) is 11.2 Å². The molecule has 15 heavy (non-hydrogen) atoms. The van der Waals surface area contributed by atoms with Crippen molar-refractivity contribution < 1.29 is 4.39 Å². The lowest BCUT2D eigenvalue weighted by Crippen LogP contribution is -2.16. The van der Waals surface area contributed by atoms with Crippen molar-refractivity contribution in [1.29, 1.82) is 0 Å². The van der Waals surface area contributed by atoms with Crippen LogP contribution in [-0.2, 0) is 5.41 Å². The van der Waals surface area contributed by atoms with Gasteiger partial charge >= 0.3 is 0 Å². The molecular weight excluding hydrogens is 213 g/mol. The van der Waals surface area contributed by atoms with Crippen LogP contribution in [0.1, 0.15) is 26.3 Å². The number of nitrogens with zero attached hydrogens (tertiary/aromatic N) is 1. The van der Waals surface area contributed by atoms with Crippen molar-refractivity contribution in [2.75, 3.05) is 19.0 Å². The average molecular weight is 230 g/mol. The van der Waals surface area contributed by atoms with Gasteiger partial charge in [-0.05, 0) is 17.5 Å². The highest BCUT2D eigenvalue weighted by Crippen LogP contribution is 2.34. The lowest BCUT2D eigenvalue weighted by atomic mass is 9.86. The lowest BCUT2D eigenvalue weighted by molar-refractivity contribution is 0.523. The molecule has 1 rings (SSSR count). The zero-order valence-corrected chi connectivity index (χ0v) is 10.6. The third-order valence-corrected chi connectivity index (χ3v) is 2.59. The number of anilines is 1. The number of halogens is 2. The molecule has 84 valence electrons. The minimum absolute atomic E-state index is 0.237. The molecule has 0 atom stereocenters. The highest BCUT2D eigenvalue weighted by atomic mass is 35.5. The predicted octanol–water partition coefficient (Wildman–Crippen LogP) is 3.84. The maximum Gasteiger partial charge on any atom is 0.130 e. The molecule has 0 spiro atoms. The van der Waals surface area contributed by atoms with Crippen LogP contribution in [0.5, 0.6) is 0 Å². The summed E-state index contributed by atoms with van der Waals surface area (Å²) < 4.78 is 13.9. The first-order chi connectivity index (χ1) is 6.73. The molecule has 1 nitrogen and oxygen atoms in total. The van der Waals surface area contributed by atoms with Gasteiger partial charge in [0.05, 0.1) is 0 Å². The van der Waals surface area contributed by atoms with Gasteiger partial charge in [-0.25, -0.2) is 4.39 Å². The van der Waals surface area contributed by atoms with E-state index < -0.39 is 0 Å². The van der Waals surface area contributed by atoms with Gasteiger partial charge in [-0.2, -0.15) is 0 Å². The number of hydrogen-bond donors (Lipinski definition) is 0. The Bertz CT molecular complexity index is 343. The second kappa shape index (κ2) is 4.01. The molecule has 0 aliphatic rings. The van der Waals surface area contributed by atoms with E-state index in [1.165, 1.54) is 6.07 Å². The van der Waals surface area contributed by atoms with Gasteiger partial charge < -0.3 is 4.90 Å². The minimum Gasteiger partial charge on any atom is -0.378 e. The second-order valence-electron chi connectivity index (χ2n) is 4.93. The summed E-state index contributed by atoms with van der Waals surface area (Å²) in [4.78, 5) is 1.83. The first-order valence-electron chi connectivity index (χ1n) is 4.90. The molecule has 0 radical (unpaired) electrons. The van der Waals surface area contributed by atoms with Gasteiger partial charge in [-0.15, -0.1) is 0 Å². The van der Waals surface area contributed by atoms with E-state index in [1.807, 2.05) is 39.8 Å². The summed E-state index contributed by atoms with van der Waals surface area (Å²) in [6.45, 7) is 5.85. The fourth-order valence-corrected chi connectivity index (χ4v) is 2.02. The molecule has 0 fully saturated rings. The lowest BCUT2D eigenvalue weighted by Gasteiger charge is -2.23. The Balaban J connectivity index is 3.34. The summed E-state index contributed by atoms with van der Waals surface area (Å²) in [5.74, 6) is -0.237. The van der Waals surface area contributed by atoms with Crippen molar-refractivity contribution in [1.82, 2.24) is 0 Å². The first kappa shape index (κ1) is 12.3. The molecule has 3 heteroatoms. The topological polar surface area (TPSA) is 3.24 Å². The molecule has 0 aliphatic heterocycles. The Morgan fingerprint density at radius 2 is 1.73 bits per heavy atom. The molecule has 0 saturated carbocycles. The van der Waals surface area contributed by atoms with Gasteiger partial charge in [-0.3, -0.25) is 0 Å². The van der Waals surface area contributed by atoms with Gasteiger partial charge in [0.2, 0.25) is 0 Å². The summed E-state index contributed by atoms with van der Waals surface area (Å²) in [5.41, 5.74) is 1.09. The van der Waals surface area contributed by atoms with Crippen LogP contribution in [0.4, 0.5) is 10.1 Å². The SMILES string of the molecule is CN(C)c1cc(F)c(C(C)(C)C)c(Cl)c1. The number of hydrogen-bond acceptors (Lipinski definition) is 1. The van der Waals surface area contributed by atoms with Crippen LogP contribution in [0.25, 0.3) is 0 Å². The van der Waals surface area contributed by atoms with E-state index in [0.717, 1.165) is 5.69 Å². The van der Waals surface area contributed by atoms with Crippen molar-refractivity contribution in [2.24, 2.45) is 0 Å². The Kier molecular flexibility index (Phi) is 3.29. The van der Waals surface area contributed by atoms with Crippen LogP contribution in [0, 0.1) is 5.82 Å². The fraction of sp³-hybridized carbons (Fsp3) is 0.500. The van der Waals surface area contributed by atoms with E-state index >= 15 is 0 Å². The van der Waals surface area contributed by atoms with Gasteiger partial charge in [0.1, 0.15) is 5.82 Å². The summed E-state index contributed by atoms with van der Waals surface area (Å²) >= 11 is 6.10. The van der Waals surface area contributed by atoms with Gasteiger partial charge in [0.25, 0.3) is 0 Å². The van der Waals surface area contributed by atoms with Crippen LogP contribution in [0.15, 0.2) is 12.1 Å². The minimum atomic E-state index is -0.272. The van der Waals surface area contributed by atoms with Gasteiger partial charge in [0, 0.05) is 30.4 Å². The van der Waals surface area contributed by atoms with Crippen LogP contribution in [-0.4, -0.2) is 14.1 Å². The Morgan fingerprint density at radius 1 is 1.20 bits per heavy atom. The smallest absolute Gasteiger partial charge is 0.130 e. The van der Waals surface area contributed by atoms with E-state index in [4.69, 9.17) is 11.6 Å². The van der Waals surface area contributed by atoms with Crippen molar-refractivity contribution in [3.8, 4) is 0 Å². The highest BCUT2D eigenvalue weighted by Gasteiger charge is 2.22. The van der Waals surface area contributed by atoms with Crippen LogP contribution >= 0.6 is 11.6 Å². The molecule has 0 unspecified atom stereocenters. The van der Waals surface area contributed by atoms with Crippen molar-refractivity contribution in [3.05, 3.63) is 28.5 Å². The van der Waals surface area contributed by atoms with Gasteiger partial charge in [0.15, 0.2) is 0 Å². The van der Waals surface area contributed by atoms with Crippen molar-refractivity contribution in [2.45, 2.75) is 26.2 Å². The average Bonchev–Trinajstić information content (AvgIpc) is 1.99. The monoisotopic (exact) mass is 229 g/mol. The van der Waals surface area contributed by atoms with Crippen molar-refractivity contribution in [3.63, 3.8) is 0 Å². The third kappa shape index (κ3) is 2.63. The van der Waals surface area contributed by atoms with Crippen LogP contribution in [0.2, 0.25) is 5.02 Å². The highest BCUT2D eigenvalue weighted by molar-refractivity contribution is 6.31. The molecular formula is C12H17ClFN. The molecule has 0 saturated heterocycles. The summed E-state index contributed by atoms with van der Waals surface area (Å²) in [6, 6.07) is 3.32. The molecule has 0 bridgehead atoms. The number of benzene rings is 1. The molecule has 0 aromatic heterocycles. The summed E-state index contributed by atoms with van der Waals surface area (Å²) in [7, 11) is 3.73. The molecule has 0 N–H and O–H groups in total. The normalized spacial score (nSPS) is 11.7. The standard InChI is InChI=1S/C12H17ClFN/c1-12(2,3)11-9(13)6-8(15(4)5)7-10(11)14/h6-7H,1-5H3. The van der Waals surface area contributed by atoms with E-state index in [0.29, 0.717) is 10.6 Å². The number of rotatable bonds is 1. The maximum absolute atomic E-state index is 13.9. The Hall–Kier alpha value is -0.760. The van der Waals surface area contributed by atoms with Crippen molar-refractivity contribution >= 4 is 17.3 Å². The predicted molar refractivity (Wildman–Crippen MR) is 64.4 cm³/mol. The quantitative estimate of drug-likeness (QED) is 0.707. The van der Waals surface area contributed by atoms with E-state index in [1.54, 1.807) is 6.07 Å². The first-order valence-corrected chi connectivity index (χ1v) is 5.28. The molecule has 1 aromatic carbocycles. The summed E-state index contributed by atoms with van der Waals surface area (Å²) in [6.07, 6.45) is 0. The zero-order valence-electron chi connectivity index (χ0n) is 9.86. The molecule has 0 aliphatic carbocycles. The van der Waals surface area contributed by atoms with E-state index in [9.17, 15) is 4.39 Å². The zero-order chi connectivity index (χ0) is 11.8. The molecule has 1 aromatic rings. The third-order valence-electron chi connectivity index (χ3n) is 2.29. The largest absolute Gasteiger partial charge is 0.378 e. The molecule has 0 amide bonds. The van der Waals surface area contributed by atoms with Crippen LogP contribution in [0.3, 0.4) is 0 Å². The fourth-order valence-electron chi connectivity index (χ4n) is 1.53. The van der Waals surface area contributed by atoms with E-state index in [2.05, 4.69) is 0 Å². The Labute approximate surface area is 95.8 Å². The van der Waals surface area contributed by atoms with Crippen LogP contribution < -0.4 is 4.90 Å². The maximum atomic E-state index is 13.9. The van der Waals surface area contributed by atoms with Gasteiger partial charge in [-0.1, -0.05) is 32.4 Å². The Morgan fingerprint density at radius 3 is 2.07 bits per heavy atom.